The molecule has 3 rings (SSSR count). The lowest BCUT2D eigenvalue weighted by molar-refractivity contribution is 0.0510. The fraction of sp³-hybridized carbons (Fsp3) is 0.500. The predicted molar refractivity (Wildman–Crippen MR) is 131 cm³/mol. The van der Waals surface area contributed by atoms with Crippen molar-refractivity contribution < 1.29 is 28.5 Å². The highest BCUT2D eigenvalue weighted by molar-refractivity contribution is 5.98. The first-order valence-electron chi connectivity index (χ1n) is 11.6. The van der Waals surface area contributed by atoms with E-state index in [1.54, 1.807) is 45.5 Å². The van der Waals surface area contributed by atoms with E-state index in [9.17, 15) is 4.79 Å². The van der Waals surface area contributed by atoms with Crippen molar-refractivity contribution in [3.63, 3.8) is 0 Å². The molecule has 0 aromatic heterocycles. The van der Waals surface area contributed by atoms with Crippen molar-refractivity contribution in [3.05, 3.63) is 41.5 Å². The van der Waals surface area contributed by atoms with E-state index in [2.05, 4.69) is 18.0 Å². The third-order valence-electron chi connectivity index (χ3n) is 6.05. The van der Waals surface area contributed by atoms with E-state index in [0.29, 0.717) is 29.4 Å². The summed E-state index contributed by atoms with van der Waals surface area (Å²) in [6.07, 6.45) is 4.08. The number of methoxy groups -OCH3 is 4. The van der Waals surface area contributed by atoms with Crippen LogP contribution in [0.15, 0.2) is 30.3 Å². The largest absolute Gasteiger partial charge is 0.493 e. The average Bonchev–Trinajstić information content (AvgIpc) is 2.87. The molecule has 0 bridgehead atoms. The van der Waals surface area contributed by atoms with Crippen molar-refractivity contribution in [2.45, 2.75) is 25.7 Å². The number of hydrogen-bond donors (Lipinski definition) is 0. The van der Waals surface area contributed by atoms with Crippen LogP contribution < -0.4 is 23.7 Å². The van der Waals surface area contributed by atoms with Crippen LogP contribution in [0.1, 0.15) is 35.2 Å². The van der Waals surface area contributed by atoms with E-state index in [-0.39, 0.29) is 12.6 Å². The average molecular weight is 473 g/mol. The second-order valence-corrected chi connectivity index (χ2v) is 8.35. The summed E-state index contributed by atoms with van der Waals surface area (Å²) in [6.45, 7) is 2.81. The smallest absolute Gasteiger partial charge is 0.260 e. The molecule has 0 aliphatic carbocycles. The summed E-state index contributed by atoms with van der Waals surface area (Å²) in [5, 5.41) is 0. The molecule has 0 spiro atoms. The standard InChI is InChI=1S/C26H36N2O6/c1-27(12-7-6-9-19-10-11-21(30-2)23(15-19)31-3)13-8-14-28-18-34-22-17-25(33-5)24(32-4)16-20(22)26(28)29/h10-11,15-17H,6-9,12-14,18H2,1-5H3. The number of rotatable bonds is 13. The third kappa shape index (κ3) is 6.26. The molecular weight excluding hydrogens is 436 g/mol. The number of carbonyl (C=O) groups excluding carboxylic acids is 1. The van der Waals surface area contributed by atoms with Gasteiger partial charge in [0.15, 0.2) is 29.7 Å². The Labute approximate surface area is 202 Å². The highest BCUT2D eigenvalue weighted by Gasteiger charge is 2.27. The van der Waals surface area contributed by atoms with Crippen LogP contribution in [0.4, 0.5) is 0 Å². The predicted octanol–water partition coefficient (Wildman–Crippen LogP) is 3.86. The van der Waals surface area contributed by atoms with Crippen LogP contribution in [0, 0.1) is 0 Å². The fourth-order valence-corrected chi connectivity index (χ4v) is 4.08. The first-order chi connectivity index (χ1) is 16.5. The van der Waals surface area contributed by atoms with Gasteiger partial charge in [0.1, 0.15) is 5.75 Å². The summed E-state index contributed by atoms with van der Waals surface area (Å²) in [4.78, 5) is 17.0. The van der Waals surface area contributed by atoms with Gasteiger partial charge in [0, 0.05) is 18.7 Å². The van der Waals surface area contributed by atoms with Gasteiger partial charge in [-0.2, -0.15) is 0 Å². The molecule has 8 nitrogen and oxygen atoms in total. The molecule has 0 saturated heterocycles. The van der Waals surface area contributed by atoms with Crippen molar-refractivity contribution in [1.29, 1.82) is 0 Å². The number of ether oxygens (including phenoxy) is 5. The SMILES string of the molecule is COc1ccc(CCCCN(C)CCCN2COc3cc(OC)c(OC)cc3C2=O)cc1OC. The highest BCUT2D eigenvalue weighted by Crippen LogP contribution is 2.37. The van der Waals surface area contributed by atoms with Gasteiger partial charge in [0.05, 0.1) is 34.0 Å². The Hall–Kier alpha value is -3.13. The second kappa shape index (κ2) is 12.4. The van der Waals surface area contributed by atoms with Crippen molar-refractivity contribution in [2.24, 2.45) is 0 Å². The minimum absolute atomic E-state index is 0.0419. The third-order valence-corrected chi connectivity index (χ3v) is 6.05. The van der Waals surface area contributed by atoms with Crippen molar-refractivity contribution in [3.8, 4) is 28.7 Å². The minimum atomic E-state index is -0.0419. The maximum absolute atomic E-state index is 12.9. The topological polar surface area (TPSA) is 69.7 Å². The minimum Gasteiger partial charge on any atom is -0.493 e. The number of nitrogens with zero attached hydrogens (tertiary/aromatic N) is 2. The molecular formula is C26H36N2O6. The Bertz CT molecular complexity index is 965. The quantitative estimate of drug-likeness (QED) is 0.410. The lowest BCUT2D eigenvalue weighted by Gasteiger charge is -2.30. The molecule has 34 heavy (non-hydrogen) atoms. The summed E-state index contributed by atoms with van der Waals surface area (Å²) in [5.74, 6) is 3.09. The molecule has 2 aromatic rings. The zero-order valence-corrected chi connectivity index (χ0v) is 20.9. The number of unbranched alkanes of at least 4 members (excludes halogenated alkanes) is 1. The first kappa shape index (κ1) is 25.5. The summed E-state index contributed by atoms with van der Waals surface area (Å²) in [5.41, 5.74) is 1.76. The van der Waals surface area contributed by atoms with Gasteiger partial charge in [-0.25, -0.2) is 0 Å². The molecule has 1 aliphatic heterocycles. The summed E-state index contributed by atoms with van der Waals surface area (Å²) < 4.78 is 27.1. The van der Waals surface area contributed by atoms with Crippen molar-refractivity contribution >= 4 is 5.91 Å². The fourth-order valence-electron chi connectivity index (χ4n) is 4.08. The summed E-state index contributed by atoms with van der Waals surface area (Å²) in [7, 11) is 8.55. The van der Waals surface area contributed by atoms with Crippen LogP contribution >= 0.6 is 0 Å². The van der Waals surface area contributed by atoms with Gasteiger partial charge in [-0.05, 0) is 63.5 Å². The molecule has 0 saturated carbocycles. The molecule has 1 aliphatic rings. The zero-order valence-electron chi connectivity index (χ0n) is 20.9. The second-order valence-electron chi connectivity index (χ2n) is 8.35. The molecule has 2 aromatic carbocycles. The van der Waals surface area contributed by atoms with E-state index in [0.717, 1.165) is 50.3 Å². The maximum atomic E-state index is 12.9. The van der Waals surface area contributed by atoms with Crippen molar-refractivity contribution in [2.75, 3.05) is 61.9 Å². The van der Waals surface area contributed by atoms with E-state index in [1.165, 1.54) is 5.56 Å². The molecule has 0 radical (unpaired) electrons. The van der Waals surface area contributed by atoms with Gasteiger partial charge >= 0.3 is 0 Å². The molecule has 1 amide bonds. The number of amides is 1. The van der Waals surface area contributed by atoms with Gasteiger partial charge in [0.2, 0.25) is 0 Å². The molecule has 1 heterocycles. The summed E-state index contributed by atoms with van der Waals surface area (Å²) in [6, 6.07) is 9.49. The Kier molecular flexibility index (Phi) is 9.27. The number of aryl methyl sites for hydroxylation is 1. The lowest BCUT2D eigenvalue weighted by atomic mass is 10.1. The van der Waals surface area contributed by atoms with Gasteiger partial charge < -0.3 is 33.5 Å². The highest BCUT2D eigenvalue weighted by atomic mass is 16.5. The van der Waals surface area contributed by atoms with E-state index >= 15 is 0 Å². The number of benzene rings is 2. The lowest BCUT2D eigenvalue weighted by Crippen LogP contribution is -2.40. The summed E-state index contributed by atoms with van der Waals surface area (Å²) >= 11 is 0. The van der Waals surface area contributed by atoms with E-state index < -0.39 is 0 Å². The van der Waals surface area contributed by atoms with E-state index in [1.807, 2.05) is 12.1 Å². The Morgan fingerprint density at radius 1 is 0.853 bits per heavy atom. The van der Waals surface area contributed by atoms with Crippen LogP contribution in [0.3, 0.4) is 0 Å². The number of hydrogen-bond acceptors (Lipinski definition) is 7. The molecule has 186 valence electrons. The van der Waals surface area contributed by atoms with Gasteiger partial charge in [0.25, 0.3) is 5.91 Å². The Morgan fingerprint density at radius 2 is 1.50 bits per heavy atom. The molecule has 0 unspecified atom stereocenters. The monoisotopic (exact) mass is 472 g/mol. The van der Waals surface area contributed by atoms with Crippen LogP contribution in [-0.2, 0) is 6.42 Å². The van der Waals surface area contributed by atoms with Crippen molar-refractivity contribution in [1.82, 2.24) is 9.80 Å². The molecule has 8 heteroatoms. The first-order valence-corrected chi connectivity index (χ1v) is 11.6. The van der Waals surface area contributed by atoms with Crippen LogP contribution in [0.25, 0.3) is 0 Å². The van der Waals surface area contributed by atoms with Crippen LogP contribution in [0.5, 0.6) is 28.7 Å². The Balaban J connectivity index is 1.39. The van der Waals surface area contributed by atoms with Gasteiger partial charge in [-0.15, -0.1) is 0 Å². The Morgan fingerprint density at radius 3 is 2.21 bits per heavy atom. The van der Waals surface area contributed by atoms with Crippen LogP contribution in [0.2, 0.25) is 0 Å². The normalized spacial score (nSPS) is 12.9. The number of fused-ring (bicyclic) bond motifs is 1. The maximum Gasteiger partial charge on any atom is 0.260 e. The molecule has 0 atom stereocenters. The molecule has 0 N–H and O–H groups in total. The van der Waals surface area contributed by atoms with E-state index in [4.69, 9.17) is 23.7 Å². The zero-order chi connectivity index (χ0) is 24.5. The number of carbonyl (C=O) groups is 1. The van der Waals surface area contributed by atoms with Crippen LogP contribution in [-0.4, -0.2) is 77.6 Å². The molecule has 0 fully saturated rings. The van der Waals surface area contributed by atoms with Gasteiger partial charge in [-0.3, -0.25) is 4.79 Å². The van der Waals surface area contributed by atoms with Gasteiger partial charge in [-0.1, -0.05) is 6.07 Å².